The predicted molar refractivity (Wildman–Crippen MR) is 93.6 cm³/mol. The lowest BCUT2D eigenvalue weighted by Crippen LogP contribution is -2.14. The van der Waals surface area contributed by atoms with E-state index in [4.69, 9.17) is 18.8 Å². The second kappa shape index (κ2) is 9.19. The van der Waals surface area contributed by atoms with Crippen molar-refractivity contribution in [3.63, 3.8) is 0 Å². The SMILES string of the molecule is CCOc1ccc(OBOc2ccc(OCC)c(C(F)(F)F)c2)cc1C(F)(F)F. The molecule has 0 N–H and O–H groups in total. The molecule has 0 bridgehead atoms. The lowest BCUT2D eigenvalue weighted by atomic mass is 10.1. The van der Waals surface area contributed by atoms with Gasteiger partial charge in [0.2, 0.25) is 0 Å². The first-order valence-corrected chi connectivity index (χ1v) is 8.50. The van der Waals surface area contributed by atoms with Gasteiger partial charge in [0.25, 0.3) is 0 Å². The lowest BCUT2D eigenvalue weighted by molar-refractivity contribution is -0.139. The Morgan fingerprint density at radius 3 is 1.38 bits per heavy atom. The zero-order valence-electron chi connectivity index (χ0n) is 15.5. The summed E-state index contributed by atoms with van der Waals surface area (Å²) in [6.07, 6.45) is -9.33. The molecule has 0 amide bonds. The van der Waals surface area contributed by atoms with Crippen molar-refractivity contribution >= 4 is 7.69 Å². The summed E-state index contributed by atoms with van der Waals surface area (Å²) in [5.74, 6) is -1.06. The van der Waals surface area contributed by atoms with E-state index in [2.05, 4.69) is 0 Å². The van der Waals surface area contributed by atoms with Gasteiger partial charge < -0.3 is 18.8 Å². The fraction of sp³-hybridized carbons (Fsp3) is 0.333. The third-order valence-electron chi connectivity index (χ3n) is 3.56. The summed E-state index contributed by atoms with van der Waals surface area (Å²) in [4.78, 5) is 0. The Bertz CT molecular complexity index is 755. The summed E-state index contributed by atoms with van der Waals surface area (Å²) in [6, 6.07) is 6.13. The highest BCUT2D eigenvalue weighted by molar-refractivity contribution is 6.20. The first kappa shape index (κ1) is 22.6. The molecule has 0 spiro atoms. The molecule has 0 aliphatic carbocycles. The summed E-state index contributed by atoms with van der Waals surface area (Å²) < 4.78 is 98.7. The van der Waals surface area contributed by atoms with Crippen LogP contribution in [0.2, 0.25) is 0 Å². The maximum Gasteiger partial charge on any atom is 0.576 e. The Labute approximate surface area is 163 Å². The third-order valence-corrected chi connectivity index (χ3v) is 3.56. The third kappa shape index (κ3) is 6.13. The van der Waals surface area contributed by atoms with Crippen LogP contribution in [0.1, 0.15) is 25.0 Å². The van der Waals surface area contributed by atoms with Crippen LogP contribution in [-0.2, 0) is 12.4 Å². The number of hydrogen-bond donors (Lipinski definition) is 0. The monoisotopic (exact) mass is 422 g/mol. The van der Waals surface area contributed by atoms with Gasteiger partial charge in [-0.15, -0.1) is 0 Å². The summed E-state index contributed by atoms with van der Waals surface area (Å²) >= 11 is 0. The van der Waals surface area contributed by atoms with Crippen LogP contribution < -0.4 is 18.8 Å². The predicted octanol–water partition coefficient (Wildman–Crippen LogP) is 5.25. The highest BCUT2D eigenvalue weighted by atomic mass is 19.4. The molecule has 0 aliphatic rings. The van der Waals surface area contributed by atoms with Crippen molar-refractivity contribution < 1.29 is 45.1 Å². The van der Waals surface area contributed by atoms with E-state index in [1.165, 1.54) is 12.1 Å². The maximum absolute atomic E-state index is 13.1. The molecule has 0 unspecified atom stereocenters. The van der Waals surface area contributed by atoms with Gasteiger partial charge in [-0.3, -0.25) is 0 Å². The van der Waals surface area contributed by atoms with Gasteiger partial charge in [-0.05, 0) is 50.2 Å². The van der Waals surface area contributed by atoms with Crippen molar-refractivity contribution in [3.8, 4) is 23.0 Å². The molecule has 0 aromatic heterocycles. The average molecular weight is 422 g/mol. The number of benzene rings is 2. The minimum absolute atomic E-state index is 0.0473. The van der Waals surface area contributed by atoms with Crippen LogP contribution in [0, 0.1) is 0 Å². The van der Waals surface area contributed by atoms with E-state index in [-0.39, 0.29) is 36.2 Å². The quantitative estimate of drug-likeness (QED) is 0.431. The fourth-order valence-electron chi connectivity index (χ4n) is 2.37. The van der Waals surface area contributed by atoms with Gasteiger partial charge in [0.05, 0.1) is 13.2 Å². The zero-order chi connectivity index (χ0) is 21.7. The molecule has 0 aliphatic heterocycles. The maximum atomic E-state index is 13.1. The van der Waals surface area contributed by atoms with Gasteiger partial charge in [-0.1, -0.05) is 0 Å². The second-order valence-electron chi connectivity index (χ2n) is 5.58. The number of hydrogen-bond acceptors (Lipinski definition) is 4. The van der Waals surface area contributed by atoms with Crippen molar-refractivity contribution in [1.82, 2.24) is 0 Å². The Hall–Kier alpha value is -2.72. The first-order chi connectivity index (χ1) is 13.6. The molecule has 0 fully saturated rings. The smallest absolute Gasteiger partial charge is 0.529 e. The van der Waals surface area contributed by atoms with Crippen LogP contribution in [0.25, 0.3) is 0 Å². The Balaban J connectivity index is 2.12. The molecule has 0 saturated carbocycles. The average Bonchev–Trinajstić information content (AvgIpc) is 2.62. The Kier molecular flexibility index (Phi) is 7.15. The highest BCUT2D eigenvalue weighted by Crippen LogP contribution is 2.39. The largest absolute Gasteiger partial charge is 0.576 e. The topological polar surface area (TPSA) is 36.9 Å². The number of rotatable bonds is 8. The lowest BCUT2D eigenvalue weighted by Gasteiger charge is -2.16. The van der Waals surface area contributed by atoms with Crippen molar-refractivity contribution in [1.29, 1.82) is 0 Å². The van der Waals surface area contributed by atoms with Gasteiger partial charge in [-0.25, -0.2) is 0 Å². The summed E-state index contributed by atoms with van der Waals surface area (Å²) in [5.41, 5.74) is -2.06. The van der Waals surface area contributed by atoms with E-state index in [0.29, 0.717) is 0 Å². The van der Waals surface area contributed by atoms with E-state index in [0.717, 1.165) is 24.3 Å². The molecule has 158 valence electrons. The zero-order valence-corrected chi connectivity index (χ0v) is 15.5. The minimum Gasteiger partial charge on any atom is -0.529 e. The molecule has 11 heteroatoms. The van der Waals surface area contributed by atoms with Crippen LogP contribution in [0.5, 0.6) is 23.0 Å². The Morgan fingerprint density at radius 1 is 0.690 bits per heavy atom. The molecule has 0 saturated heterocycles. The Morgan fingerprint density at radius 2 is 1.07 bits per heavy atom. The van der Waals surface area contributed by atoms with Crippen LogP contribution >= 0.6 is 0 Å². The molecular formula is C18H17BF6O4. The minimum atomic E-state index is -4.67. The molecule has 0 radical (unpaired) electrons. The van der Waals surface area contributed by atoms with Gasteiger partial charge in [-0.2, -0.15) is 26.3 Å². The molecule has 2 aromatic rings. The van der Waals surface area contributed by atoms with Crippen molar-refractivity contribution in [2.24, 2.45) is 0 Å². The number of halogens is 6. The van der Waals surface area contributed by atoms with E-state index in [9.17, 15) is 26.3 Å². The molecule has 0 heterocycles. The van der Waals surface area contributed by atoms with Crippen LogP contribution in [0.4, 0.5) is 26.3 Å². The fourth-order valence-corrected chi connectivity index (χ4v) is 2.37. The molecular weight excluding hydrogens is 405 g/mol. The molecule has 2 rings (SSSR count). The molecule has 2 aromatic carbocycles. The molecule has 4 nitrogen and oxygen atoms in total. The van der Waals surface area contributed by atoms with Gasteiger partial charge >= 0.3 is 20.0 Å². The number of alkyl halides is 6. The number of ether oxygens (including phenoxy) is 2. The molecule has 0 atom stereocenters. The second-order valence-corrected chi connectivity index (χ2v) is 5.58. The summed E-state index contributed by atoms with van der Waals surface area (Å²) in [7, 11) is -0.601. The summed E-state index contributed by atoms with van der Waals surface area (Å²) in [6.45, 7) is 3.19. The van der Waals surface area contributed by atoms with Crippen molar-refractivity contribution in [2.45, 2.75) is 26.2 Å². The summed E-state index contributed by atoms with van der Waals surface area (Å²) in [5, 5.41) is 0. The van der Waals surface area contributed by atoms with E-state index >= 15 is 0 Å². The van der Waals surface area contributed by atoms with Crippen LogP contribution in [-0.4, -0.2) is 20.9 Å². The normalized spacial score (nSPS) is 11.7. The van der Waals surface area contributed by atoms with Crippen molar-refractivity contribution in [2.75, 3.05) is 13.2 Å². The van der Waals surface area contributed by atoms with E-state index in [1.54, 1.807) is 13.8 Å². The van der Waals surface area contributed by atoms with Gasteiger partial charge in [0.1, 0.15) is 34.1 Å². The van der Waals surface area contributed by atoms with Crippen LogP contribution in [0.3, 0.4) is 0 Å². The van der Waals surface area contributed by atoms with Crippen molar-refractivity contribution in [3.05, 3.63) is 47.5 Å². The van der Waals surface area contributed by atoms with Gasteiger partial charge in [0, 0.05) is 0 Å². The van der Waals surface area contributed by atoms with Gasteiger partial charge in [0.15, 0.2) is 0 Å². The van der Waals surface area contributed by atoms with Crippen LogP contribution in [0.15, 0.2) is 36.4 Å². The molecule has 29 heavy (non-hydrogen) atoms. The standard InChI is InChI=1S/C18H17BF6O4/c1-3-26-15-7-5-11(9-13(15)17(20,21)22)28-19-29-12-6-8-16(27-4-2)14(10-12)18(23,24)25/h5-10,19H,3-4H2,1-2H3. The van der Waals surface area contributed by atoms with E-state index in [1.807, 2.05) is 0 Å². The van der Waals surface area contributed by atoms with E-state index < -0.39 is 31.2 Å². The first-order valence-electron chi connectivity index (χ1n) is 8.50. The highest BCUT2D eigenvalue weighted by Gasteiger charge is 2.36.